The third-order valence-corrected chi connectivity index (χ3v) is 16.3. The first kappa shape index (κ1) is 79.8. The number of phenolic OH excluding ortho intramolecular Hbond substituents is 3. The van der Waals surface area contributed by atoms with Crippen molar-refractivity contribution in [1.29, 1.82) is 0 Å². The van der Waals surface area contributed by atoms with E-state index in [0.717, 1.165) is 98.9 Å². The Balaban J connectivity index is 0.000000310. The van der Waals surface area contributed by atoms with Crippen molar-refractivity contribution >= 4 is 17.9 Å². The average Bonchev–Trinajstić information content (AvgIpc) is 0.843. The van der Waals surface area contributed by atoms with Crippen LogP contribution in [-0.4, -0.2) is 133 Å². The molecule has 522 valence electrons. The lowest BCUT2D eigenvalue weighted by atomic mass is 9.93. The number of aryl methyl sites for hydroxylation is 6. The van der Waals surface area contributed by atoms with Gasteiger partial charge in [-0.05, 0) is 269 Å². The minimum Gasteiger partial charge on any atom is -0.508 e. The van der Waals surface area contributed by atoms with Gasteiger partial charge in [-0.25, -0.2) is 14.4 Å². The Hall–Kier alpha value is -7.67. The van der Waals surface area contributed by atoms with Gasteiger partial charge < -0.3 is 68.5 Å². The van der Waals surface area contributed by atoms with E-state index in [1.54, 1.807) is 32.2 Å². The highest BCUT2D eigenvalue weighted by Gasteiger charge is 2.18. The summed E-state index contributed by atoms with van der Waals surface area (Å²) in [5, 5.41) is 58.2. The summed E-state index contributed by atoms with van der Waals surface area (Å²) in [4.78, 5) is 34.9. The molecule has 0 heterocycles. The number of carboxylic acid groups (broad SMARTS) is 1. The van der Waals surface area contributed by atoms with Crippen molar-refractivity contribution in [3.05, 3.63) is 174 Å². The van der Waals surface area contributed by atoms with E-state index in [0.29, 0.717) is 93.2 Å². The number of carbonyl (C=O) groups excluding carboxylic acids is 2. The summed E-state index contributed by atoms with van der Waals surface area (Å²) in [5.41, 5.74) is 16.4. The highest BCUT2D eigenvalue weighted by Crippen LogP contribution is 2.33. The van der Waals surface area contributed by atoms with Crippen molar-refractivity contribution in [2.75, 3.05) is 66.6 Å². The largest absolute Gasteiger partial charge is 0.508 e. The van der Waals surface area contributed by atoms with Crippen molar-refractivity contribution in [1.82, 2.24) is 0 Å². The van der Waals surface area contributed by atoms with Gasteiger partial charge in [-0.15, -0.1) is 0 Å². The van der Waals surface area contributed by atoms with Crippen LogP contribution in [0.4, 0.5) is 0 Å². The van der Waals surface area contributed by atoms with Crippen LogP contribution in [0.2, 0.25) is 0 Å². The molecule has 0 saturated heterocycles. The smallest absolute Gasteiger partial charge is 0.344 e. The molecule has 6 rings (SSSR count). The van der Waals surface area contributed by atoms with E-state index >= 15 is 0 Å². The zero-order valence-corrected chi connectivity index (χ0v) is 59.0. The van der Waals surface area contributed by atoms with Crippen molar-refractivity contribution in [2.24, 2.45) is 0 Å². The van der Waals surface area contributed by atoms with Gasteiger partial charge in [0, 0.05) is 7.11 Å². The van der Waals surface area contributed by atoms with Gasteiger partial charge in [0.2, 0.25) is 0 Å². The molecule has 0 aromatic heterocycles. The molecule has 6 aromatic carbocycles. The standard InChI is InChI=1S/C31H46O6.C27H38O7.C20H24O4/c1-20(2)28-17-25(13-14-30(28)34)18-29-21(3)15-27(16-22(29)4)36-19-31(35)37-24(6)10-8-12-26(33)11-7-9-23(5)32;1-19(2)24-16-22(6-7-26(24)28)17-25-20(3)14-23(15-21(25)4)34-18-27(29)33-13-12-32-11-10-31-9-8-30-5;1-12(2)17-9-15(5-6-19(17)21)10-18-13(3)7-16(8-14(18)4)24-11-20(22)23/h13-17,20,23-24,26,32-34H,7-12,18-19H2,1-6H3;6-7,14-16,19,28H,8-13,17-18H2,1-5H3;5-9,12,21H,10-11H2,1-4H3,(H,22,23)/t23-,24?,26?;;/m1../s1. The zero-order chi connectivity index (χ0) is 70.3. The first-order valence-corrected chi connectivity index (χ1v) is 33.3. The van der Waals surface area contributed by atoms with E-state index in [2.05, 4.69) is 53.7 Å². The number of hydrogen-bond acceptors (Lipinski definition) is 16. The summed E-state index contributed by atoms with van der Waals surface area (Å²) in [6.45, 7) is 30.0. The lowest BCUT2D eigenvalue weighted by Gasteiger charge is -2.17. The first-order chi connectivity index (χ1) is 45.0. The van der Waals surface area contributed by atoms with Crippen molar-refractivity contribution in [3.63, 3.8) is 0 Å². The summed E-state index contributed by atoms with van der Waals surface area (Å²) in [5.74, 6) is 1.77. The number of benzene rings is 6. The number of ether oxygens (including phenoxy) is 8. The van der Waals surface area contributed by atoms with Crippen LogP contribution in [-0.2, 0) is 57.3 Å². The predicted octanol–water partition coefficient (Wildman–Crippen LogP) is 14.6. The third kappa shape index (κ3) is 29.1. The predicted molar refractivity (Wildman–Crippen MR) is 372 cm³/mol. The fourth-order valence-corrected chi connectivity index (χ4v) is 11.0. The van der Waals surface area contributed by atoms with Gasteiger partial charge in [0.1, 0.15) is 41.1 Å². The third-order valence-electron chi connectivity index (χ3n) is 16.3. The second kappa shape index (κ2) is 41.3. The van der Waals surface area contributed by atoms with Crippen molar-refractivity contribution in [3.8, 4) is 34.5 Å². The molecule has 0 amide bonds. The van der Waals surface area contributed by atoms with Gasteiger partial charge in [0.05, 0.1) is 51.3 Å². The number of aliphatic hydroxyl groups is 2. The molecule has 17 heteroatoms. The molecule has 0 radical (unpaired) electrons. The van der Waals surface area contributed by atoms with E-state index in [4.69, 9.17) is 43.0 Å². The Morgan fingerprint density at radius 2 is 0.758 bits per heavy atom. The van der Waals surface area contributed by atoms with Gasteiger partial charge in [-0.2, -0.15) is 0 Å². The van der Waals surface area contributed by atoms with Gasteiger partial charge in [0.15, 0.2) is 19.8 Å². The number of rotatable bonds is 36. The van der Waals surface area contributed by atoms with Gasteiger partial charge in [-0.3, -0.25) is 0 Å². The van der Waals surface area contributed by atoms with Crippen molar-refractivity contribution in [2.45, 2.75) is 191 Å². The van der Waals surface area contributed by atoms with Crippen LogP contribution in [0.15, 0.2) is 91.0 Å². The number of aliphatic hydroxyl groups excluding tert-OH is 2. The molecule has 6 N–H and O–H groups in total. The fraction of sp³-hybridized carbons (Fsp3) is 0.500. The highest BCUT2D eigenvalue weighted by atomic mass is 16.6. The van der Waals surface area contributed by atoms with Crippen molar-refractivity contribution < 1.29 is 82.9 Å². The molecule has 0 aliphatic heterocycles. The number of esters is 2. The molecule has 17 nitrogen and oxygen atoms in total. The lowest BCUT2D eigenvalue weighted by Crippen LogP contribution is -2.21. The molecular weight excluding hydrogens is 1210 g/mol. The van der Waals surface area contributed by atoms with Gasteiger partial charge in [-0.1, -0.05) is 77.9 Å². The Bertz CT molecular complexity index is 3280. The number of carbonyl (C=O) groups is 3. The number of aliphatic carboxylic acids is 1. The monoisotopic (exact) mass is 1320 g/mol. The number of phenols is 3. The van der Waals surface area contributed by atoms with Crippen LogP contribution in [0.5, 0.6) is 34.5 Å². The molecule has 0 spiro atoms. The maximum Gasteiger partial charge on any atom is 0.344 e. The van der Waals surface area contributed by atoms with E-state index in [-0.39, 0.29) is 62.5 Å². The van der Waals surface area contributed by atoms with Crippen LogP contribution in [0.25, 0.3) is 0 Å². The molecule has 6 aromatic rings. The molecule has 0 aliphatic carbocycles. The Labute approximate surface area is 564 Å². The highest BCUT2D eigenvalue weighted by molar-refractivity contribution is 5.72. The molecule has 0 bridgehead atoms. The van der Waals surface area contributed by atoms with E-state index in [9.17, 15) is 39.9 Å². The SMILES string of the molecule is COCCOCCOCCOC(=O)COc1cc(C)c(Cc2ccc(O)c(C(C)C)c2)c(C)c1.Cc1cc(OCC(=O)O)cc(C)c1Cc1ccc(O)c(C(C)C)c1.Cc1cc(OCC(=O)OC(C)CCCC(O)CCC[C@@H](C)O)cc(C)c1Cc1ccc(O)c(C(C)C)c1. The minimum absolute atomic E-state index is 0.153. The lowest BCUT2D eigenvalue weighted by molar-refractivity contribution is -0.151. The Kier molecular flexibility index (Phi) is 34.7. The quantitative estimate of drug-likeness (QED) is 0.0158. The average molecular weight is 1320 g/mol. The second-order valence-electron chi connectivity index (χ2n) is 25.6. The summed E-state index contributed by atoms with van der Waals surface area (Å²) < 4.78 is 42.8. The normalized spacial score (nSPS) is 12.1. The Morgan fingerprint density at radius 1 is 0.421 bits per heavy atom. The van der Waals surface area contributed by atoms with Crippen LogP contribution >= 0.6 is 0 Å². The molecule has 3 atom stereocenters. The summed E-state index contributed by atoms with van der Waals surface area (Å²) in [7, 11) is 1.62. The van der Waals surface area contributed by atoms with E-state index in [1.165, 1.54) is 16.7 Å². The first-order valence-electron chi connectivity index (χ1n) is 33.3. The summed E-state index contributed by atoms with van der Waals surface area (Å²) in [6.07, 6.45) is 5.61. The zero-order valence-electron chi connectivity index (χ0n) is 59.0. The molecule has 0 aliphatic rings. The molecule has 0 fully saturated rings. The van der Waals surface area contributed by atoms with Crippen LogP contribution < -0.4 is 14.2 Å². The maximum atomic E-state index is 12.3. The molecule has 95 heavy (non-hydrogen) atoms. The second-order valence-corrected chi connectivity index (χ2v) is 25.6. The number of carboxylic acids is 1. The maximum absolute atomic E-state index is 12.3. The van der Waals surface area contributed by atoms with E-state index < -0.39 is 17.9 Å². The minimum atomic E-state index is -0.986. The van der Waals surface area contributed by atoms with Gasteiger partial charge in [0.25, 0.3) is 0 Å². The molecule has 0 saturated carbocycles. The van der Waals surface area contributed by atoms with Crippen LogP contribution in [0, 0.1) is 41.5 Å². The van der Waals surface area contributed by atoms with Gasteiger partial charge >= 0.3 is 17.9 Å². The fourth-order valence-electron chi connectivity index (χ4n) is 11.0. The number of methoxy groups -OCH3 is 1. The van der Waals surface area contributed by atoms with Crippen LogP contribution in [0.1, 0.15) is 195 Å². The summed E-state index contributed by atoms with van der Waals surface area (Å²) >= 11 is 0. The topological polar surface area (TPSA) is 246 Å². The Morgan fingerprint density at radius 3 is 1.11 bits per heavy atom. The number of hydrogen-bond donors (Lipinski definition) is 6. The summed E-state index contributed by atoms with van der Waals surface area (Å²) in [6, 6.07) is 28.8. The van der Waals surface area contributed by atoms with E-state index in [1.807, 2.05) is 109 Å². The molecule has 2 unspecified atom stereocenters. The molecular formula is C78H108O17. The number of aromatic hydroxyl groups is 3. The van der Waals surface area contributed by atoms with Crippen LogP contribution in [0.3, 0.4) is 0 Å².